The Balaban J connectivity index is 1.94. The van der Waals surface area contributed by atoms with Gasteiger partial charge in [-0.15, -0.1) is 0 Å². The first kappa shape index (κ1) is 7.60. The van der Waals surface area contributed by atoms with Crippen molar-refractivity contribution in [2.24, 2.45) is 5.41 Å². The van der Waals surface area contributed by atoms with Crippen molar-refractivity contribution < 1.29 is 0 Å². The second-order valence-electron chi connectivity index (χ2n) is 4.06. The van der Waals surface area contributed by atoms with E-state index in [0.29, 0.717) is 5.41 Å². The summed E-state index contributed by atoms with van der Waals surface area (Å²) in [5, 5.41) is 3.44. The Morgan fingerprint density at radius 3 is 2.45 bits per heavy atom. The van der Waals surface area contributed by atoms with Gasteiger partial charge in [0, 0.05) is 0 Å². The normalized spacial score (nSPS) is 30.5. The average molecular weight is 152 g/mol. The number of rotatable bonds is 0. The molecular weight excluding hydrogens is 134 g/mol. The molecule has 11 heavy (non-hydrogen) atoms. The van der Waals surface area contributed by atoms with Crippen LogP contribution in [0.4, 0.5) is 0 Å². The van der Waals surface area contributed by atoms with Crippen LogP contribution in [0.5, 0.6) is 0 Å². The van der Waals surface area contributed by atoms with Gasteiger partial charge in [0.1, 0.15) is 0 Å². The van der Waals surface area contributed by atoms with Gasteiger partial charge < -0.3 is 5.32 Å². The maximum atomic E-state index is 3.44. The second kappa shape index (κ2) is 3.14. The molecular formula is C10H18N. The summed E-state index contributed by atoms with van der Waals surface area (Å²) in [4.78, 5) is 0. The van der Waals surface area contributed by atoms with Gasteiger partial charge in [0.25, 0.3) is 0 Å². The predicted molar refractivity (Wildman–Crippen MR) is 47.3 cm³/mol. The Kier molecular flexibility index (Phi) is 2.17. The molecule has 0 bridgehead atoms. The number of hydrogen-bond acceptors (Lipinski definition) is 1. The van der Waals surface area contributed by atoms with E-state index in [0.717, 1.165) is 0 Å². The van der Waals surface area contributed by atoms with Crippen LogP contribution in [0.1, 0.15) is 38.5 Å². The molecule has 1 aliphatic carbocycles. The summed E-state index contributed by atoms with van der Waals surface area (Å²) >= 11 is 0. The van der Waals surface area contributed by atoms with E-state index in [4.69, 9.17) is 0 Å². The van der Waals surface area contributed by atoms with Crippen molar-refractivity contribution in [3.8, 4) is 0 Å². The first-order chi connectivity index (χ1) is 5.41. The molecule has 63 valence electrons. The molecule has 0 aromatic heterocycles. The molecule has 0 amide bonds. The minimum Gasteiger partial charge on any atom is -0.317 e. The standard InChI is InChI=1S/C10H18N/c1-2-4-10(5-3-1)6-8-11-9-7-10/h4,11H,1-3,5-9H2. The van der Waals surface area contributed by atoms with Crippen LogP contribution < -0.4 is 5.32 Å². The summed E-state index contributed by atoms with van der Waals surface area (Å²) in [6, 6.07) is 0. The Morgan fingerprint density at radius 2 is 1.82 bits per heavy atom. The van der Waals surface area contributed by atoms with Crippen molar-refractivity contribution in [3.63, 3.8) is 0 Å². The van der Waals surface area contributed by atoms with Crippen molar-refractivity contribution in [1.82, 2.24) is 5.32 Å². The third-order valence-electron chi connectivity index (χ3n) is 3.31. The third-order valence-corrected chi connectivity index (χ3v) is 3.31. The number of piperidine rings is 1. The van der Waals surface area contributed by atoms with E-state index in [1.54, 1.807) is 0 Å². The first-order valence-electron chi connectivity index (χ1n) is 4.96. The molecule has 1 nitrogen and oxygen atoms in total. The molecule has 2 fully saturated rings. The van der Waals surface area contributed by atoms with E-state index in [-0.39, 0.29) is 0 Å². The van der Waals surface area contributed by atoms with Crippen molar-refractivity contribution in [1.29, 1.82) is 0 Å². The Labute approximate surface area is 69.6 Å². The number of nitrogens with one attached hydrogen (secondary N) is 1. The molecule has 1 saturated carbocycles. The van der Waals surface area contributed by atoms with Crippen molar-refractivity contribution >= 4 is 0 Å². The van der Waals surface area contributed by atoms with E-state index < -0.39 is 0 Å². The highest BCUT2D eigenvalue weighted by atomic mass is 14.9. The zero-order valence-electron chi connectivity index (χ0n) is 7.23. The van der Waals surface area contributed by atoms with Crippen molar-refractivity contribution in [2.45, 2.75) is 38.5 Å². The van der Waals surface area contributed by atoms with Crippen LogP contribution in [0.25, 0.3) is 0 Å². The van der Waals surface area contributed by atoms with Crippen molar-refractivity contribution in [3.05, 3.63) is 6.42 Å². The molecule has 0 unspecified atom stereocenters. The molecule has 1 aliphatic heterocycles. The summed E-state index contributed by atoms with van der Waals surface area (Å²) in [6.45, 7) is 2.49. The lowest BCUT2D eigenvalue weighted by Crippen LogP contribution is -2.38. The van der Waals surface area contributed by atoms with Crippen molar-refractivity contribution in [2.75, 3.05) is 13.1 Å². The zero-order valence-corrected chi connectivity index (χ0v) is 7.23. The fourth-order valence-electron chi connectivity index (χ4n) is 2.51. The smallest absolute Gasteiger partial charge is 0.00435 e. The maximum absolute atomic E-state index is 3.44. The lowest BCUT2D eigenvalue weighted by molar-refractivity contribution is 0.195. The monoisotopic (exact) mass is 152 g/mol. The van der Waals surface area contributed by atoms with E-state index in [9.17, 15) is 0 Å². The van der Waals surface area contributed by atoms with Crippen LogP contribution >= 0.6 is 0 Å². The molecule has 2 rings (SSSR count). The molecule has 2 aliphatic rings. The molecule has 0 aromatic carbocycles. The minimum atomic E-state index is 0.670. The van der Waals surface area contributed by atoms with Gasteiger partial charge >= 0.3 is 0 Å². The van der Waals surface area contributed by atoms with Gasteiger partial charge in [0.2, 0.25) is 0 Å². The van der Waals surface area contributed by atoms with E-state index >= 15 is 0 Å². The van der Waals surface area contributed by atoms with Gasteiger partial charge in [-0.2, -0.15) is 0 Å². The molecule has 1 radical (unpaired) electrons. The lowest BCUT2D eigenvalue weighted by atomic mass is 9.68. The van der Waals surface area contributed by atoms with Crippen LogP contribution in [0, 0.1) is 11.8 Å². The Morgan fingerprint density at radius 1 is 1.00 bits per heavy atom. The van der Waals surface area contributed by atoms with Crippen LogP contribution in [-0.2, 0) is 0 Å². The fraction of sp³-hybridized carbons (Fsp3) is 0.900. The van der Waals surface area contributed by atoms with E-state index in [1.807, 2.05) is 0 Å². The average Bonchev–Trinajstić information content (AvgIpc) is 2.07. The van der Waals surface area contributed by atoms with Crippen LogP contribution in [0.15, 0.2) is 0 Å². The fourth-order valence-corrected chi connectivity index (χ4v) is 2.51. The second-order valence-corrected chi connectivity index (χ2v) is 4.06. The summed E-state index contributed by atoms with van der Waals surface area (Å²) < 4.78 is 0. The summed E-state index contributed by atoms with van der Waals surface area (Å²) in [5.41, 5.74) is 0.670. The maximum Gasteiger partial charge on any atom is -0.00435 e. The molecule has 0 atom stereocenters. The summed E-state index contributed by atoms with van der Waals surface area (Å²) in [7, 11) is 0. The highest BCUT2D eigenvalue weighted by molar-refractivity contribution is 4.97. The van der Waals surface area contributed by atoms with Gasteiger partial charge in [-0.25, -0.2) is 0 Å². The van der Waals surface area contributed by atoms with Crippen LogP contribution in [-0.4, -0.2) is 13.1 Å². The summed E-state index contributed by atoms with van der Waals surface area (Å²) in [6.07, 6.45) is 11.2. The molecule has 1 heteroatoms. The van der Waals surface area contributed by atoms with Gasteiger partial charge in [-0.1, -0.05) is 12.8 Å². The Bertz CT molecular complexity index is 99.3. The predicted octanol–water partition coefficient (Wildman–Crippen LogP) is 2.13. The SMILES string of the molecule is [CH]1CCCCC12CCNCC2. The largest absolute Gasteiger partial charge is 0.317 e. The minimum absolute atomic E-state index is 0.670. The topological polar surface area (TPSA) is 12.0 Å². The van der Waals surface area contributed by atoms with Gasteiger partial charge in [-0.05, 0) is 50.6 Å². The van der Waals surface area contributed by atoms with Gasteiger partial charge in [0.15, 0.2) is 0 Å². The summed E-state index contributed by atoms with van der Waals surface area (Å²) in [5.74, 6) is 0. The molecule has 1 saturated heterocycles. The quantitative estimate of drug-likeness (QED) is 0.560. The molecule has 0 aromatic rings. The Hall–Kier alpha value is -0.0400. The third kappa shape index (κ3) is 1.58. The van der Waals surface area contributed by atoms with Gasteiger partial charge in [0.05, 0.1) is 0 Å². The molecule has 1 heterocycles. The highest BCUT2D eigenvalue weighted by Crippen LogP contribution is 2.42. The highest BCUT2D eigenvalue weighted by Gasteiger charge is 2.32. The van der Waals surface area contributed by atoms with Crippen LogP contribution in [0.3, 0.4) is 0 Å². The first-order valence-corrected chi connectivity index (χ1v) is 4.96. The van der Waals surface area contributed by atoms with E-state index in [2.05, 4.69) is 11.7 Å². The van der Waals surface area contributed by atoms with Gasteiger partial charge in [-0.3, -0.25) is 0 Å². The van der Waals surface area contributed by atoms with Crippen LogP contribution in [0.2, 0.25) is 0 Å². The van der Waals surface area contributed by atoms with E-state index in [1.165, 1.54) is 51.6 Å². The molecule has 1 N–H and O–H groups in total. The number of hydrogen-bond donors (Lipinski definition) is 1. The lowest BCUT2D eigenvalue weighted by Gasteiger charge is -2.40. The zero-order chi connectivity index (χ0) is 7.57. The molecule has 1 spiro atoms.